The van der Waals surface area contributed by atoms with Gasteiger partial charge in [-0.2, -0.15) is 14.0 Å². The topological polar surface area (TPSA) is 59.3 Å². The fraction of sp³-hybridized carbons (Fsp3) is 0.200. The molecule has 90 valence electrons. The number of benzene rings is 1. The van der Waals surface area contributed by atoms with Gasteiger partial charge >= 0.3 is 12.6 Å². The van der Waals surface area contributed by atoms with Gasteiger partial charge in [-0.15, -0.1) is 12.6 Å². The van der Waals surface area contributed by atoms with Crippen LogP contribution in [0.2, 0.25) is 0 Å². The summed E-state index contributed by atoms with van der Waals surface area (Å²) >= 11 is 3.96. The number of halogens is 2. The molecule has 0 saturated carbocycles. The third-order valence-corrected chi connectivity index (χ3v) is 2.24. The van der Waals surface area contributed by atoms with Crippen molar-refractivity contribution in [1.29, 1.82) is 5.26 Å². The Morgan fingerprint density at radius 1 is 1.53 bits per heavy atom. The van der Waals surface area contributed by atoms with Crippen LogP contribution in [0.1, 0.15) is 15.9 Å². The van der Waals surface area contributed by atoms with E-state index in [9.17, 15) is 13.6 Å². The molecule has 0 aromatic heterocycles. The molecule has 1 aromatic rings. The highest BCUT2D eigenvalue weighted by Gasteiger charge is 2.21. The second-order valence-electron chi connectivity index (χ2n) is 2.81. The summed E-state index contributed by atoms with van der Waals surface area (Å²) in [6.07, 6.45) is 0. The molecule has 0 amide bonds. The third-order valence-electron chi connectivity index (χ3n) is 1.86. The monoisotopic (exact) mass is 259 g/mol. The Hall–Kier alpha value is -1.81. The summed E-state index contributed by atoms with van der Waals surface area (Å²) in [5.74, 6) is -1.23. The Kier molecular flexibility index (Phi) is 4.29. The lowest BCUT2D eigenvalue weighted by atomic mass is 10.1. The van der Waals surface area contributed by atoms with Crippen molar-refractivity contribution in [3.8, 4) is 11.8 Å². The molecular weight excluding hydrogens is 252 g/mol. The van der Waals surface area contributed by atoms with Crippen LogP contribution in [-0.4, -0.2) is 19.7 Å². The van der Waals surface area contributed by atoms with E-state index >= 15 is 0 Å². The molecule has 0 N–H and O–H groups in total. The van der Waals surface area contributed by atoms with Crippen LogP contribution in [0.25, 0.3) is 0 Å². The van der Waals surface area contributed by atoms with Crippen molar-refractivity contribution >= 4 is 18.6 Å². The fourth-order valence-corrected chi connectivity index (χ4v) is 1.46. The fourth-order valence-electron chi connectivity index (χ4n) is 1.19. The second-order valence-corrected chi connectivity index (χ2v) is 3.30. The molecule has 0 radical (unpaired) electrons. The summed E-state index contributed by atoms with van der Waals surface area (Å²) in [4.78, 5) is 11.5. The Bertz CT molecular complexity index is 485. The first-order valence-corrected chi connectivity index (χ1v) is 4.75. The van der Waals surface area contributed by atoms with Gasteiger partial charge in [0.15, 0.2) is 0 Å². The number of esters is 1. The number of hydrogen-bond donors (Lipinski definition) is 1. The molecule has 0 aliphatic carbocycles. The van der Waals surface area contributed by atoms with Crippen molar-refractivity contribution in [2.24, 2.45) is 0 Å². The van der Waals surface area contributed by atoms with Crippen molar-refractivity contribution in [3.63, 3.8) is 0 Å². The van der Waals surface area contributed by atoms with Gasteiger partial charge in [0.2, 0.25) is 0 Å². The highest BCUT2D eigenvalue weighted by atomic mass is 32.1. The lowest BCUT2D eigenvalue weighted by Gasteiger charge is -2.10. The predicted molar refractivity (Wildman–Crippen MR) is 56.4 cm³/mol. The van der Waals surface area contributed by atoms with Crippen LogP contribution in [0, 0.1) is 11.3 Å². The Labute approximate surface area is 101 Å². The van der Waals surface area contributed by atoms with Gasteiger partial charge in [-0.1, -0.05) is 0 Å². The molecule has 0 unspecified atom stereocenters. The average molecular weight is 259 g/mol. The largest absolute Gasteiger partial charge is 0.465 e. The number of carbonyl (C=O) groups is 1. The van der Waals surface area contributed by atoms with E-state index in [-0.39, 0.29) is 21.8 Å². The minimum absolute atomic E-state index is 0.148. The summed E-state index contributed by atoms with van der Waals surface area (Å²) in [5.41, 5.74) is -0.527. The van der Waals surface area contributed by atoms with Crippen LogP contribution >= 0.6 is 12.6 Å². The first-order valence-electron chi connectivity index (χ1n) is 4.30. The van der Waals surface area contributed by atoms with E-state index < -0.39 is 12.6 Å². The van der Waals surface area contributed by atoms with Gasteiger partial charge in [0.05, 0.1) is 12.7 Å². The maximum Gasteiger partial charge on any atom is 0.387 e. The van der Waals surface area contributed by atoms with Crippen molar-refractivity contribution in [3.05, 3.63) is 23.3 Å². The molecule has 0 fully saturated rings. The predicted octanol–water partition coefficient (Wildman–Crippen LogP) is 2.23. The number of nitrogens with zero attached hydrogens (tertiary/aromatic N) is 1. The van der Waals surface area contributed by atoms with Crippen molar-refractivity contribution in [2.75, 3.05) is 7.11 Å². The number of hydrogen-bond acceptors (Lipinski definition) is 5. The van der Waals surface area contributed by atoms with Crippen LogP contribution in [0.4, 0.5) is 8.78 Å². The quantitative estimate of drug-likeness (QED) is 0.668. The van der Waals surface area contributed by atoms with E-state index in [1.165, 1.54) is 6.07 Å². The summed E-state index contributed by atoms with van der Waals surface area (Å²) in [7, 11) is 1.11. The minimum atomic E-state index is -3.08. The summed E-state index contributed by atoms with van der Waals surface area (Å²) in [6, 6.07) is 4.03. The highest BCUT2D eigenvalue weighted by molar-refractivity contribution is 7.80. The molecule has 0 spiro atoms. The lowest BCUT2D eigenvalue weighted by Crippen LogP contribution is -2.10. The molecule has 4 nitrogen and oxygen atoms in total. The number of rotatable bonds is 3. The van der Waals surface area contributed by atoms with E-state index in [2.05, 4.69) is 22.1 Å². The number of carbonyl (C=O) groups excluding carboxylic acids is 1. The first kappa shape index (κ1) is 13.3. The van der Waals surface area contributed by atoms with Gasteiger partial charge < -0.3 is 9.47 Å². The van der Waals surface area contributed by atoms with Gasteiger partial charge in [0.25, 0.3) is 0 Å². The molecule has 0 bridgehead atoms. The van der Waals surface area contributed by atoms with E-state index in [4.69, 9.17) is 5.26 Å². The normalized spacial score (nSPS) is 9.88. The van der Waals surface area contributed by atoms with Gasteiger partial charge in [-0.25, -0.2) is 4.79 Å². The standard InChI is InChI=1S/C10H7F2NO3S/c1-15-9(14)8-5(4-13)6(16-10(11)12)2-3-7(8)17/h2-3,10,17H,1H3. The van der Waals surface area contributed by atoms with Gasteiger partial charge in [-0.05, 0) is 12.1 Å². The van der Waals surface area contributed by atoms with Gasteiger partial charge in [0, 0.05) is 4.90 Å². The Balaban J connectivity index is 3.37. The molecule has 17 heavy (non-hydrogen) atoms. The summed E-state index contributed by atoms with van der Waals surface area (Å²) in [6.45, 7) is -3.08. The molecule has 0 heterocycles. The maximum atomic E-state index is 12.1. The lowest BCUT2D eigenvalue weighted by molar-refractivity contribution is -0.0501. The number of ether oxygens (including phenoxy) is 2. The van der Waals surface area contributed by atoms with E-state index in [1.807, 2.05) is 0 Å². The zero-order valence-electron chi connectivity index (χ0n) is 8.61. The number of methoxy groups -OCH3 is 1. The summed E-state index contributed by atoms with van der Waals surface area (Å²) < 4.78 is 32.7. The number of alkyl halides is 2. The molecular formula is C10H7F2NO3S. The van der Waals surface area contributed by atoms with Crippen LogP contribution in [-0.2, 0) is 4.74 Å². The summed E-state index contributed by atoms with van der Waals surface area (Å²) in [5, 5.41) is 8.86. The Morgan fingerprint density at radius 2 is 2.18 bits per heavy atom. The van der Waals surface area contributed by atoms with E-state index in [0.717, 1.165) is 13.2 Å². The molecule has 0 aliphatic rings. The zero-order valence-corrected chi connectivity index (χ0v) is 9.50. The van der Waals surface area contributed by atoms with Crippen molar-refractivity contribution in [1.82, 2.24) is 0 Å². The molecule has 1 rings (SSSR count). The van der Waals surface area contributed by atoms with Crippen molar-refractivity contribution < 1.29 is 23.0 Å². The number of thiol groups is 1. The first-order chi connectivity index (χ1) is 8.01. The van der Waals surface area contributed by atoms with E-state index in [0.29, 0.717) is 0 Å². The van der Waals surface area contributed by atoms with Crippen LogP contribution in [0.5, 0.6) is 5.75 Å². The third kappa shape index (κ3) is 2.85. The molecule has 0 saturated heterocycles. The minimum Gasteiger partial charge on any atom is -0.465 e. The molecule has 0 atom stereocenters. The average Bonchev–Trinajstić information content (AvgIpc) is 2.29. The molecule has 1 aromatic carbocycles. The number of nitriles is 1. The SMILES string of the molecule is COC(=O)c1c(S)ccc(OC(F)F)c1C#N. The maximum absolute atomic E-state index is 12.1. The molecule has 7 heteroatoms. The second kappa shape index (κ2) is 5.50. The van der Waals surface area contributed by atoms with Crippen molar-refractivity contribution in [2.45, 2.75) is 11.5 Å². The Morgan fingerprint density at radius 3 is 2.65 bits per heavy atom. The van der Waals surface area contributed by atoms with Gasteiger partial charge in [0.1, 0.15) is 17.4 Å². The van der Waals surface area contributed by atoms with Gasteiger partial charge in [-0.3, -0.25) is 0 Å². The van der Waals surface area contributed by atoms with E-state index in [1.54, 1.807) is 6.07 Å². The van der Waals surface area contributed by atoms with Crippen LogP contribution in [0.3, 0.4) is 0 Å². The van der Waals surface area contributed by atoms with Crippen LogP contribution in [0.15, 0.2) is 17.0 Å². The highest BCUT2D eigenvalue weighted by Crippen LogP contribution is 2.28. The zero-order chi connectivity index (χ0) is 13.0. The van der Waals surface area contributed by atoms with Crippen LogP contribution < -0.4 is 4.74 Å². The smallest absolute Gasteiger partial charge is 0.387 e. The molecule has 0 aliphatic heterocycles.